The van der Waals surface area contributed by atoms with E-state index in [2.05, 4.69) is 142 Å². The summed E-state index contributed by atoms with van der Waals surface area (Å²) in [6.07, 6.45) is 0. The molecule has 0 saturated carbocycles. The molecule has 0 aliphatic heterocycles. The van der Waals surface area contributed by atoms with E-state index >= 15 is 0 Å². The normalized spacial score (nSPS) is 12.8. The van der Waals surface area contributed by atoms with Crippen molar-refractivity contribution in [3.05, 3.63) is 121 Å². The van der Waals surface area contributed by atoms with Crippen LogP contribution in [0.15, 0.2) is 121 Å². The minimum atomic E-state index is -0.531. The third-order valence-corrected chi connectivity index (χ3v) is 12.6. The molecule has 1 atom stereocenters. The van der Waals surface area contributed by atoms with Crippen LogP contribution in [0.2, 0.25) is 0 Å². The van der Waals surface area contributed by atoms with Gasteiger partial charge < -0.3 is 0 Å². The molecule has 0 aliphatic carbocycles. The first-order chi connectivity index (χ1) is 15.1. The summed E-state index contributed by atoms with van der Waals surface area (Å²) >= 11 is 0. The van der Waals surface area contributed by atoms with Gasteiger partial charge in [-0.3, -0.25) is 0 Å². The third-order valence-electron chi connectivity index (χ3n) is 6.08. The zero-order valence-corrected chi connectivity index (χ0v) is 20.3. The molecule has 0 radical (unpaired) electrons. The summed E-state index contributed by atoms with van der Waals surface area (Å²) in [5.41, 5.74) is 0.499. The second-order valence-corrected chi connectivity index (χ2v) is 13.8. The van der Waals surface area contributed by atoms with Gasteiger partial charge in [0.2, 0.25) is 0 Å². The molecule has 0 amide bonds. The molecule has 0 N–H and O–H groups in total. The maximum atomic E-state index is 2.49. The Hall–Kier alpha value is -2.26. The molecule has 0 spiro atoms. The summed E-state index contributed by atoms with van der Waals surface area (Å²) < 4.78 is 0. The lowest BCUT2D eigenvalue weighted by Crippen LogP contribution is -2.40. The Labute approximate surface area is 189 Å². The van der Waals surface area contributed by atoms with Crippen molar-refractivity contribution in [2.24, 2.45) is 0 Å². The van der Waals surface area contributed by atoms with Gasteiger partial charge in [-0.2, -0.15) is 0 Å². The monoisotopic (exact) mass is 440 g/mol. The molecule has 4 aromatic rings. The molecule has 156 valence electrons. The van der Waals surface area contributed by atoms with Crippen LogP contribution in [-0.4, -0.2) is 10.8 Å². The van der Waals surface area contributed by atoms with Crippen LogP contribution in [0, 0.1) is 0 Å². The fourth-order valence-corrected chi connectivity index (χ4v) is 10.7. The molecule has 0 bridgehead atoms. The van der Waals surface area contributed by atoms with Crippen molar-refractivity contribution in [1.82, 2.24) is 0 Å². The summed E-state index contributed by atoms with van der Waals surface area (Å²) in [6.45, 7) is 7.46. The van der Waals surface area contributed by atoms with Gasteiger partial charge in [-0.05, 0) is 47.9 Å². The SMILES string of the molecule is CC(P(c1ccccc1)c1ccccc1)C(C)(C)P(c1ccccc1)c1ccccc1. The Morgan fingerprint density at radius 2 is 0.774 bits per heavy atom. The Morgan fingerprint density at radius 3 is 1.10 bits per heavy atom. The van der Waals surface area contributed by atoms with Gasteiger partial charge in [-0.15, -0.1) is 0 Å². The van der Waals surface area contributed by atoms with Crippen LogP contribution in [0.1, 0.15) is 20.8 Å². The minimum absolute atomic E-state index is 0.107. The summed E-state index contributed by atoms with van der Waals surface area (Å²) in [7, 11) is -1.03. The lowest BCUT2D eigenvalue weighted by molar-refractivity contribution is 0.688. The molecule has 0 heterocycles. The maximum absolute atomic E-state index is 2.49. The smallest absolute Gasteiger partial charge is 0.00000966 e. The van der Waals surface area contributed by atoms with E-state index in [9.17, 15) is 0 Å². The summed E-state index contributed by atoms with van der Waals surface area (Å²) in [5, 5.41) is 5.93. The van der Waals surface area contributed by atoms with Crippen molar-refractivity contribution in [2.75, 3.05) is 0 Å². The van der Waals surface area contributed by atoms with Gasteiger partial charge in [0.1, 0.15) is 0 Å². The van der Waals surface area contributed by atoms with Crippen LogP contribution < -0.4 is 21.2 Å². The maximum Gasteiger partial charge on any atom is -0.00000966 e. The standard InChI is InChI=1S/C29H30P2/c1-24(30(25-16-8-4-9-17-25)26-18-10-5-11-19-26)29(2,3)31(27-20-12-6-13-21-27)28-22-14-7-15-23-28/h4-24H,1-3H3. The molecule has 0 aromatic heterocycles. The highest BCUT2D eigenvalue weighted by Gasteiger charge is 2.41. The first-order valence-electron chi connectivity index (χ1n) is 10.9. The largest absolute Gasteiger partial charge is 0.0622 e. The summed E-state index contributed by atoms with van der Waals surface area (Å²) in [4.78, 5) is 0. The zero-order chi connectivity index (χ0) is 21.7. The molecule has 4 rings (SSSR count). The first-order valence-corrected chi connectivity index (χ1v) is 13.6. The highest BCUT2D eigenvalue weighted by atomic mass is 31.1. The van der Waals surface area contributed by atoms with Crippen LogP contribution in [0.4, 0.5) is 0 Å². The molecule has 0 fully saturated rings. The number of benzene rings is 4. The van der Waals surface area contributed by atoms with Gasteiger partial charge in [0.05, 0.1) is 0 Å². The topological polar surface area (TPSA) is 0 Å². The average Bonchev–Trinajstić information content (AvgIpc) is 2.82. The van der Waals surface area contributed by atoms with Gasteiger partial charge in [-0.25, -0.2) is 0 Å². The van der Waals surface area contributed by atoms with Crippen molar-refractivity contribution in [3.63, 3.8) is 0 Å². The fourth-order valence-electron chi connectivity index (χ4n) is 4.24. The molecular weight excluding hydrogens is 410 g/mol. The Kier molecular flexibility index (Phi) is 7.02. The highest BCUT2D eigenvalue weighted by molar-refractivity contribution is 7.78. The van der Waals surface area contributed by atoms with Gasteiger partial charge >= 0.3 is 0 Å². The number of hydrogen-bond donors (Lipinski definition) is 0. The molecule has 1 unspecified atom stereocenters. The van der Waals surface area contributed by atoms with Crippen molar-refractivity contribution in [3.8, 4) is 0 Å². The van der Waals surface area contributed by atoms with E-state index < -0.39 is 15.8 Å². The van der Waals surface area contributed by atoms with E-state index in [1.165, 1.54) is 21.2 Å². The van der Waals surface area contributed by atoms with Crippen LogP contribution in [-0.2, 0) is 0 Å². The van der Waals surface area contributed by atoms with Gasteiger partial charge in [0, 0.05) is 0 Å². The molecule has 0 nitrogen and oxygen atoms in total. The Balaban J connectivity index is 1.83. The molecule has 31 heavy (non-hydrogen) atoms. The number of rotatable bonds is 7. The second-order valence-electron chi connectivity index (χ2n) is 8.38. The molecule has 4 aromatic carbocycles. The van der Waals surface area contributed by atoms with Gasteiger partial charge in [0.15, 0.2) is 0 Å². The molecule has 0 saturated heterocycles. The quantitative estimate of drug-likeness (QED) is 0.291. The zero-order valence-electron chi connectivity index (χ0n) is 18.5. The van der Waals surface area contributed by atoms with Crippen molar-refractivity contribution in [1.29, 1.82) is 0 Å². The van der Waals surface area contributed by atoms with Gasteiger partial charge in [-0.1, -0.05) is 142 Å². The van der Waals surface area contributed by atoms with Crippen LogP contribution in [0.25, 0.3) is 0 Å². The Bertz CT molecular complexity index is 982. The van der Waals surface area contributed by atoms with Crippen LogP contribution in [0.3, 0.4) is 0 Å². The van der Waals surface area contributed by atoms with Crippen molar-refractivity contribution < 1.29 is 0 Å². The van der Waals surface area contributed by atoms with E-state index in [0.717, 1.165) is 0 Å². The molecule has 2 heteroatoms. The third kappa shape index (κ3) is 4.82. The van der Waals surface area contributed by atoms with Crippen LogP contribution >= 0.6 is 15.8 Å². The predicted octanol–water partition coefficient (Wildman–Crippen LogP) is 6.42. The number of hydrogen-bond acceptors (Lipinski definition) is 0. The van der Waals surface area contributed by atoms with E-state index in [-0.39, 0.29) is 5.16 Å². The molecular formula is C29H30P2. The second kappa shape index (κ2) is 9.91. The van der Waals surface area contributed by atoms with E-state index in [4.69, 9.17) is 0 Å². The lowest BCUT2D eigenvalue weighted by Gasteiger charge is -2.44. The minimum Gasteiger partial charge on any atom is -0.0622 e. The fraction of sp³-hybridized carbons (Fsp3) is 0.172. The average molecular weight is 441 g/mol. The van der Waals surface area contributed by atoms with Crippen molar-refractivity contribution >= 4 is 37.1 Å². The lowest BCUT2D eigenvalue weighted by atomic mass is 10.1. The molecule has 0 aliphatic rings. The van der Waals surface area contributed by atoms with Crippen LogP contribution in [0.5, 0.6) is 0 Å². The van der Waals surface area contributed by atoms with Gasteiger partial charge in [0.25, 0.3) is 0 Å². The highest BCUT2D eigenvalue weighted by Crippen LogP contribution is 2.57. The summed E-state index contributed by atoms with van der Waals surface area (Å²) in [5.74, 6) is 0. The first kappa shape index (κ1) is 22.0. The van der Waals surface area contributed by atoms with E-state index in [0.29, 0.717) is 5.66 Å². The Morgan fingerprint density at radius 1 is 0.484 bits per heavy atom. The van der Waals surface area contributed by atoms with E-state index in [1.807, 2.05) is 0 Å². The van der Waals surface area contributed by atoms with Crippen molar-refractivity contribution in [2.45, 2.75) is 31.6 Å². The summed E-state index contributed by atoms with van der Waals surface area (Å²) in [6, 6.07) is 44.5. The predicted molar refractivity (Wildman–Crippen MR) is 142 cm³/mol. The van der Waals surface area contributed by atoms with E-state index in [1.54, 1.807) is 0 Å².